The van der Waals surface area contributed by atoms with Gasteiger partial charge in [-0.25, -0.2) is 9.97 Å². The Bertz CT molecular complexity index is 1080. The first-order chi connectivity index (χ1) is 12.8. The Morgan fingerprint density at radius 2 is 1.77 bits per heavy atom. The molecule has 1 saturated heterocycles. The Morgan fingerprint density at radius 3 is 2.65 bits per heavy atom. The largest absolute Gasteiger partial charge is 0.368 e. The number of anilines is 1. The second-order valence-corrected chi connectivity index (χ2v) is 6.93. The van der Waals surface area contributed by atoms with E-state index in [0.717, 1.165) is 43.0 Å². The molecule has 0 spiro atoms. The molecule has 3 heterocycles. The molecular weight excluding hydrogens is 322 g/mol. The molecule has 0 amide bonds. The molecule has 5 nitrogen and oxygen atoms in total. The number of pyridine rings is 1. The topological polar surface area (TPSA) is 37.2 Å². The number of aromatic nitrogens is 3. The highest BCUT2D eigenvalue weighted by molar-refractivity contribution is 5.96. The van der Waals surface area contributed by atoms with E-state index in [-0.39, 0.29) is 0 Å². The summed E-state index contributed by atoms with van der Waals surface area (Å²) in [6, 6.07) is 17.1. The molecule has 5 rings (SSSR count). The molecular formula is C21H21N5. The van der Waals surface area contributed by atoms with E-state index in [1.54, 1.807) is 0 Å². The van der Waals surface area contributed by atoms with Crippen molar-refractivity contribution in [1.29, 1.82) is 0 Å². The van der Waals surface area contributed by atoms with Gasteiger partial charge >= 0.3 is 0 Å². The van der Waals surface area contributed by atoms with Crippen molar-refractivity contribution < 1.29 is 0 Å². The molecule has 4 aromatic rings. The first kappa shape index (κ1) is 15.3. The van der Waals surface area contributed by atoms with Gasteiger partial charge in [-0.1, -0.05) is 18.2 Å². The first-order valence-corrected chi connectivity index (χ1v) is 9.04. The van der Waals surface area contributed by atoms with Crippen molar-refractivity contribution in [2.45, 2.75) is 0 Å². The van der Waals surface area contributed by atoms with Gasteiger partial charge < -0.3 is 9.80 Å². The summed E-state index contributed by atoms with van der Waals surface area (Å²) in [6.45, 7) is 4.34. The lowest BCUT2D eigenvalue weighted by Gasteiger charge is -2.34. The highest BCUT2D eigenvalue weighted by atomic mass is 15.2. The van der Waals surface area contributed by atoms with Crippen molar-refractivity contribution in [2.75, 3.05) is 38.1 Å². The van der Waals surface area contributed by atoms with Gasteiger partial charge in [0.15, 0.2) is 5.65 Å². The third-order valence-electron chi connectivity index (χ3n) is 5.27. The van der Waals surface area contributed by atoms with Crippen LogP contribution in [-0.4, -0.2) is 52.7 Å². The normalized spacial score (nSPS) is 15.8. The number of hydrogen-bond donors (Lipinski definition) is 0. The number of fused-ring (bicyclic) bond motifs is 2. The van der Waals surface area contributed by atoms with Gasteiger partial charge in [0.05, 0.1) is 0 Å². The van der Waals surface area contributed by atoms with Crippen LogP contribution in [0.4, 0.5) is 5.69 Å². The summed E-state index contributed by atoms with van der Waals surface area (Å²) in [5.41, 5.74) is 4.22. The fraction of sp³-hybridized carbons (Fsp3) is 0.238. The number of imidazole rings is 1. The van der Waals surface area contributed by atoms with Crippen LogP contribution < -0.4 is 4.90 Å². The van der Waals surface area contributed by atoms with Crippen LogP contribution in [0.2, 0.25) is 0 Å². The van der Waals surface area contributed by atoms with Crippen LogP contribution in [0.25, 0.3) is 27.6 Å². The van der Waals surface area contributed by atoms with Crippen molar-refractivity contribution in [3.8, 4) is 5.69 Å². The van der Waals surface area contributed by atoms with Gasteiger partial charge in [-0.2, -0.15) is 0 Å². The van der Waals surface area contributed by atoms with Crippen molar-refractivity contribution in [3.63, 3.8) is 0 Å². The predicted molar refractivity (Wildman–Crippen MR) is 106 cm³/mol. The molecule has 0 atom stereocenters. The number of piperazine rings is 1. The smallest absolute Gasteiger partial charge is 0.164 e. The highest BCUT2D eigenvalue weighted by Crippen LogP contribution is 2.30. The number of nitrogens with zero attached hydrogens (tertiary/aromatic N) is 5. The Kier molecular flexibility index (Phi) is 3.60. The molecule has 1 aliphatic rings. The molecule has 0 radical (unpaired) electrons. The summed E-state index contributed by atoms with van der Waals surface area (Å²) in [6.07, 6.45) is 3.68. The SMILES string of the molecule is CN1CCN(c2cccc3ccc(-n4cnc5cccnc54)cc23)CC1. The van der Waals surface area contributed by atoms with Crippen LogP contribution in [0, 0.1) is 0 Å². The lowest BCUT2D eigenvalue weighted by atomic mass is 10.1. The van der Waals surface area contributed by atoms with E-state index in [1.807, 2.05) is 24.7 Å². The van der Waals surface area contributed by atoms with Gasteiger partial charge in [0.2, 0.25) is 0 Å². The van der Waals surface area contributed by atoms with Crippen LogP contribution in [0.1, 0.15) is 0 Å². The highest BCUT2D eigenvalue weighted by Gasteiger charge is 2.16. The van der Waals surface area contributed by atoms with E-state index in [2.05, 4.69) is 67.8 Å². The molecule has 2 aromatic heterocycles. The van der Waals surface area contributed by atoms with Crippen molar-refractivity contribution in [3.05, 3.63) is 61.1 Å². The first-order valence-electron chi connectivity index (χ1n) is 9.04. The van der Waals surface area contributed by atoms with Crippen molar-refractivity contribution in [1.82, 2.24) is 19.4 Å². The van der Waals surface area contributed by atoms with Crippen LogP contribution in [0.5, 0.6) is 0 Å². The van der Waals surface area contributed by atoms with Crippen LogP contribution >= 0.6 is 0 Å². The average Bonchev–Trinajstić information content (AvgIpc) is 3.12. The zero-order chi connectivity index (χ0) is 17.5. The minimum absolute atomic E-state index is 0.893. The third-order valence-corrected chi connectivity index (χ3v) is 5.27. The lowest BCUT2D eigenvalue weighted by molar-refractivity contribution is 0.313. The molecule has 26 heavy (non-hydrogen) atoms. The zero-order valence-electron chi connectivity index (χ0n) is 14.8. The number of hydrogen-bond acceptors (Lipinski definition) is 4. The van der Waals surface area contributed by atoms with Crippen LogP contribution in [0.3, 0.4) is 0 Å². The van der Waals surface area contributed by atoms with Gasteiger partial charge in [0.25, 0.3) is 0 Å². The summed E-state index contributed by atoms with van der Waals surface area (Å²) >= 11 is 0. The van der Waals surface area contributed by atoms with E-state index in [1.165, 1.54) is 16.5 Å². The molecule has 5 heteroatoms. The van der Waals surface area contributed by atoms with Gasteiger partial charge in [0, 0.05) is 49.1 Å². The molecule has 130 valence electrons. The van der Waals surface area contributed by atoms with E-state index in [0.29, 0.717) is 0 Å². The van der Waals surface area contributed by atoms with Crippen LogP contribution in [0.15, 0.2) is 61.1 Å². The summed E-state index contributed by atoms with van der Waals surface area (Å²) in [5, 5.41) is 2.55. The maximum absolute atomic E-state index is 4.50. The molecule has 2 aromatic carbocycles. The van der Waals surface area contributed by atoms with Gasteiger partial charge in [-0.15, -0.1) is 0 Å². The number of rotatable bonds is 2. The second-order valence-electron chi connectivity index (χ2n) is 6.93. The third kappa shape index (κ3) is 2.52. The lowest BCUT2D eigenvalue weighted by Crippen LogP contribution is -2.44. The summed E-state index contributed by atoms with van der Waals surface area (Å²) in [5.74, 6) is 0. The maximum Gasteiger partial charge on any atom is 0.164 e. The fourth-order valence-corrected chi connectivity index (χ4v) is 3.76. The number of likely N-dealkylation sites (N-methyl/N-ethyl adjacent to an activating group) is 1. The monoisotopic (exact) mass is 343 g/mol. The van der Waals surface area contributed by atoms with Crippen LogP contribution in [-0.2, 0) is 0 Å². The zero-order valence-corrected chi connectivity index (χ0v) is 14.8. The van der Waals surface area contributed by atoms with E-state index in [4.69, 9.17) is 0 Å². The Balaban J connectivity index is 1.64. The Morgan fingerprint density at radius 1 is 0.885 bits per heavy atom. The molecule has 1 aliphatic heterocycles. The molecule has 0 bridgehead atoms. The van der Waals surface area contributed by atoms with Gasteiger partial charge in [0.1, 0.15) is 11.8 Å². The van der Waals surface area contributed by atoms with E-state index < -0.39 is 0 Å². The second kappa shape index (κ2) is 6.11. The Hall–Kier alpha value is -2.92. The van der Waals surface area contributed by atoms with Crippen molar-refractivity contribution in [2.24, 2.45) is 0 Å². The predicted octanol–water partition coefficient (Wildman–Crippen LogP) is 3.33. The Labute approximate surface area is 152 Å². The summed E-state index contributed by atoms with van der Waals surface area (Å²) in [7, 11) is 2.19. The quantitative estimate of drug-likeness (QED) is 0.559. The average molecular weight is 343 g/mol. The van der Waals surface area contributed by atoms with E-state index in [9.17, 15) is 0 Å². The molecule has 0 saturated carbocycles. The van der Waals surface area contributed by atoms with Gasteiger partial charge in [-0.3, -0.25) is 4.57 Å². The standard InChI is InChI=1S/C21H21N5/c1-24-10-12-25(13-11-24)20-6-2-4-16-7-8-17(14-18(16)20)26-15-23-19-5-3-9-22-21(19)26/h2-9,14-15H,10-13H2,1H3. The minimum atomic E-state index is 0.893. The van der Waals surface area contributed by atoms with E-state index >= 15 is 0 Å². The maximum atomic E-state index is 4.50. The summed E-state index contributed by atoms with van der Waals surface area (Å²) in [4.78, 5) is 13.9. The van der Waals surface area contributed by atoms with Crippen molar-refractivity contribution >= 4 is 27.6 Å². The fourth-order valence-electron chi connectivity index (χ4n) is 3.76. The molecule has 1 fully saturated rings. The minimum Gasteiger partial charge on any atom is -0.368 e. The number of benzene rings is 2. The summed E-state index contributed by atoms with van der Waals surface area (Å²) < 4.78 is 2.07. The molecule has 0 aliphatic carbocycles. The van der Waals surface area contributed by atoms with Gasteiger partial charge in [-0.05, 0) is 42.8 Å². The molecule has 0 unspecified atom stereocenters. The molecule has 0 N–H and O–H groups in total.